The quantitative estimate of drug-likeness (QED) is 0.323. The van der Waals surface area contributed by atoms with Crippen LogP contribution >= 0.6 is 0 Å². The fourth-order valence-electron chi connectivity index (χ4n) is 4.10. The fraction of sp³-hybridized carbons (Fsp3) is 0.0357. The van der Waals surface area contributed by atoms with Crippen LogP contribution in [0.5, 0.6) is 0 Å². The summed E-state index contributed by atoms with van der Waals surface area (Å²) < 4.78 is 6.06. The van der Waals surface area contributed by atoms with E-state index in [9.17, 15) is 0 Å². The molecule has 0 radical (unpaired) electrons. The largest absolute Gasteiger partial charge is 0.456 e. The molecule has 4 heteroatoms. The molecule has 2 heterocycles. The maximum absolute atomic E-state index is 6.06. The molecule has 152 valence electrons. The summed E-state index contributed by atoms with van der Waals surface area (Å²) in [5, 5.41) is 2.23. The maximum Gasteiger partial charge on any atom is 0.163 e. The highest BCUT2D eigenvalue weighted by molar-refractivity contribution is 6.06. The third kappa shape index (κ3) is 3.32. The van der Waals surface area contributed by atoms with Gasteiger partial charge in [-0.1, -0.05) is 91.0 Å². The van der Waals surface area contributed by atoms with Crippen molar-refractivity contribution in [2.24, 2.45) is 0 Å². The average Bonchev–Trinajstić information content (AvgIpc) is 3.25. The smallest absolute Gasteiger partial charge is 0.163 e. The Bertz CT molecular complexity index is 1480. The summed E-state index contributed by atoms with van der Waals surface area (Å²) in [5.41, 5.74) is 4.85. The number of benzene rings is 4. The number of hydrogen-bond donors (Lipinski definition) is 0. The van der Waals surface area contributed by atoms with Crippen molar-refractivity contribution >= 4 is 21.9 Å². The lowest BCUT2D eigenvalue weighted by Gasteiger charge is -2.09. The van der Waals surface area contributed by atoms with Crippen LogP contribution in [0.2, 0.25) is 0 Å². The van der Waals surface area contributed by atoms with Gasteiger partial charge in [0.15, 0.2) is 11.6 Å². The summed E-state index contributed by atoms with van der Waals surface area (Å²) in [6, 6.07) is 34.4. The van der Waals surface area contributed by atoms with Gasteiger partial charge in [0.05, 0.1) is 0 Å². The van der Waals surface area contributed by atoms with Crippen LogP contribution in [-0.4, -0.2) is 15.0 Å². The molecule has 0 unspecified atom stereocenters. The first-order valence-corrected chi connectivity index (χ1v) is 10.6. The Kier molecular flexibility index (Phi) is 4.47. The summed E-state index contributed by atoms with van der Waals surface area (Å²) in [4.78, 5) is 14.5. The van der Waals surface area contributed by atoms with Gasteiger partial charge < -0.3 is 4.42 Å². The summed E-state index contributed by atoms with van der Waals surface area (Å²) in [6.07, 6.45) is 0.586. The van der Waals surface area contributed by atoms with E-state index in [0.717, 1.165) is 44.5 Å². The number of para-hydroxylation sites is 1. The Morgan fingerprint density at radius 1 is 0.531 bits per heavy atom. The first kappa shape index (κ1) is 18.5. The van der Waals surface area contributed by atoms with Crippen LogP contribution in [0.4, 0.5) is 0 Å². The van der Waals surface area contributed by atoms with E-state index in [0.29, 0.717) is 18.1 Å². The molecule has 0 amide bonds. The van der Waals surface area contributed by atoms with E-state index in [1.54, 1.807) is 0 Å². The van der Waals surface area contributed by atoms with E-state index >= 15 is 0 Å². The molecule has 0 atom stereocenters. The van der Waals surface area contributed by atoms with E-state index in [1.807, 2.05) is 91.0 Å². The molecule has 0 aliphatic heterocycles. The number of furan rings is 1. The predicted molar refractivity (Wildman–Crippen MR) is 127 cm³/mol. The van der Waals surface area contributed by atoms with Gasteiger partial charge in [0.25, 0.3) is 0 Å². The molecule has 0 aliphatic rings. The minimum absolute atomic E-state index is 0.586. The number of fused-ring (bicyclic) bond motifs is 3. The zero-order chi connectivity index (χ0) is 21.3. The lowest BCUT2D eigenvalue weighted by Crippen LogP contribution is -2.04. The summed E-state index contributed by atoms with van der Waals surface area (Å²) in [5.74, 6) is 2.09. The second-order valence-corrected chi connectivity index (χ2v) is 7.70. The Labute approximate surface area is 185 Å². The highest BCUT2D eigenvalue weighted by atomic mass is 16.3. The monoisotopic (exact) mass is 413 g/mol. The van der Waals surface area contributed by atoms with Crippen molar-refractivity contribution in [1.29, 1.82) is 0 Å². The molecule has 0 saturated carbocycles. The molecule has 2 aromatic heterocycles. The molecular weight excluding hydrogens is 394 g/mol. The third-order valence-corrected chi connectivity index (χ3v) is 5.58. The van der Waals surface area contributed by atoms with E-state index in [1.165, 1.54) is 0 Å². The standard InChI is InChI=1S/C28H19N3O/c1-3-10-19(11-4-1)27-29-25(30-28(31-27)20-12-5-2-6-13-20)18-21-14-9-17-24-26(21)22-15-7-8-16-23(22)32-24/h1-17H,18H2. The van der Waals surface area contributed by atoms with Crippen molar-refractivity contribution in [2.75, 3.05) is 0 Å². The van der Waals surface area contributed by atoms with Crippen molar-refractivity contribution < 1.29 is 4.42 Å². The molecule has 0 spiro atoms. The van der Waals surface area contributed by atoms with E-state index < -0.39 is 0 Å². The second kappa shape index (κ2) is 7.75. The van der Waals surface area contributed by atoms with Crippen molar-refractivity contribution in [2.45, 2.75) is 6.42 Å². The molecule has 0 bridgehead atoms. The number of rotatable bonds is 4. The van der Waals surface area contributed by atoms with Gasteiger partial charge in [-0.05, 0) is 17.7 Å². The number of aromatic nitrogens is 3. The molecule has 0 aliphatic carbocycles. The molecule has 4 nitrogen and oxygen atoms in total. The Hall–Kier alpha value is -4.31. The molecule has 0 saturated heterocycles. The Morgan fingerprint density at radius 2 is 1.12 bits per heavy atom. The average molecular weight is 413 g/mol. The SMILES string of the molecule is c1ccc(-c2nc(Cc3cccc4oc5ccccc5c34)nc(-c3ccccc3)n2)cc1. The number of hydrogen-bond acceptors (Lipinski definition) is 4. The van der Waals surface area contributed by atoms with Gasteiger partial charge >= 0.3 is 0 Å². The highest BCUT2D eigenvalue weighted by Crippen LogP contribution is 2.32. The summed E-state index contributed by atoms with van der Waals surface area (Å²) >= 11 is 0. The molecule has 6 aromatic rings. The lowest BCUT2D eigenvalue weighted by molar-refractivity contribution is 0.668. The van der Waals surface area contributed by atoms with E-state index in [2.05, 4.69) is 12.1 Å². The van der Waals surface area contributed by atoms with Gasteiger partial charge in [-0.15, -0.1) is 0 Å². The first-order valence-electron chi connectivity index (χ1n) is 10.6. The predicted octanol–water partition coefficient (Wildman–Crippen LogP) is 6.70. The molecule has 0 N–H and O–H groups in total. The van der Waals surface area contributed by atoms with Gasteiger partial charge in [0.2, 0.25) is 0 Å². The fourth-order valence-corrected chi connectivity index (χ4v) is 4.10. The van der Waals surface area contributed by atoms with Crippen LogP contribution in [0.25, 0.3) is 44.7 Å². The van der Waals surface area contributed by atoms with Crippen LogP contribution in [0.1, 0.15) is 11.4 Å². The zero-order valence-electron chi connectivity index (χ0n) is 17.3. The molecule has 6 rings (SSSR count). The second-order valence-electron chi connectivity index (χ2n) is 7.70. The zero-order valence-corrected chi connectivity index (χ0v) is 17.3. The summed E-state index contributed by atoms with van der Waals surface area (Å²) in [6.45, 7) is 0. The van der Waals surface area contributed by atoms with Gasteiger partial charge in [-0.25, -0.2) is 15.0 Å². The van der Waals surface area contributed by atoms with Crippen molar-refractivity contribution in [3.8, 4) is 22.8 Å². The maximum atomic E-state index is 6.06. The minimum atomic E-state index is 0.586. The van der Waals surface area contributed by atoms with Crippen LogP contribution in [-0.2, 0) is 6.42 Å². The summed E-state index contributed by atoms with van der Waals surface area (Å²) in [7, 11) is 0. The normalized spacial score (nSPS) is 11.2. The molecule has 0 fully saturated rings. The minimum Gasteiger partial charge on any atom is -0.456 e. The van der Waals surface area contributed by atoms with Gasteiger partial charge in [-0.2, -0.15) is 0 Å². The van der Waals surface area contributed by atoms with Crippen molar-refractivity contribution in [3.05, 3.63) is 115 Å². The van der Waals surface area contributed by atoms with Crippen molar-refractivity contribution in [1.82, 2.24) is 15.0 Å². The highest BCUT2D eigenvalue weighted by Gasteiger charge is 2.15. The van der Waals surface area contributed by atoms with Crippen LogP contribution < -0.4 is 0 Å². The van der Waals surface area contributed by atoms with Gasteiger partial charge in [0, 0.05) is 28.3 Å². The first-order chi connectivity index (χ1) is 15.8. The Morgan fingerprint density at radius 3 is 1.81 bits per heavy atom. The molecule has 4 aromatic carbocycles. The van der Waals surface area contributed by atoms with Crippen LogP contribution in [0.15, 0.2) is 108 Å². The van der Waals surface area contributed by atoms with Crippen molar-refractivity contribution in [3.63, 3.8) is 0 Å². The lowest BCUT2D eigenvalue weighted by atomic mass is 10.0. The van der Waals surface area contributed by atoms with E-state index in [-0.39, 0.29) is 0 Å². The van der Waals surface area contributed by atoms with Crippen LogP contribution in [0.3, 0.4) is 0 Å². The molecular formula is C28H19N3O. The van der Waals surface area contributed by atoms with Gasteiger partial charge in [0.1, 0.15) is 17.0 Å². The third-order valence-electron chi connectivity index (χ3n) is 5.58. The van der Waals surface area contributed by atoms with Crippen LogP contribution in [0, 0.1) is 0 Å². The Balaban J connectivity index is 1.52. The van der Waals surface area contributed by atoms with E-state index in [4.69, 9.17) is 19.4 Å². The topological polar surface area (TPSA) is 51.8 Å². The number of nitrogens with zero attached hydrogens (tertiary/aromatic N) is 3. The van der Waals surface area contributed by atoms with Gasteiger partial charge in [-0.3, -0.25) is 0 Å². The molecule has 32 heavy (non-hydrogen) atoms.